The number of carboxylic acids is 1. The lowest BCUT2D eigenvalue weighted by Crippen LogP contribution is -2.43. The first-order chi connectivity index (χ1) is 14.2. The number of aliphatic carboxylic acids is 1. The van der Waals surface area contributed by atoms with E-state index < -0.39 is 23.6 Å². The summed E-state index contributed by atoms with van der Waals surface area (Å²) in [5.41, 5.74) is 8.47. The van der Waals surface area contributed by atoms with Gasteiger partial charge in [-0.25, -0.2) is 9.59 Å². The fraction of sp³-hybridized carbons (Fsp3) is 0.478. The van der Waals surface area contributed by atoms with Gasteiger partial charge in [-0.15, -0.1) is 0 Å². The van der Waals surface area contributed by atoms with Crippen LogP contribution in [0.5, 0.6) is 0 Å². The highest BCUT2D eigenvalue weighted by atomic mass is 16.6. The van der Waals surface area contributed by atoms with E-state index in [1.165, 1.54) is 5.56 Å². The van der Waals surface area contributed by atoms with Gasteiger partial charge in [0.25, 0.3) is 0 Å². The number of rotatable bonds is 11. The monoisotopic (exact) mass is 416 g/mol. The van der Waals surface area contributed by atoms with Crippen molar-refractivity contribution in [3.8, 4) is 0 Å². The molecule has 1 unspecified atom stereocenters. The number of aliphatic hydroxyl groups excluding tert-OH is 1. The van der Waals surface area contributed by atoms with E-state index >= 15 is 0 Å². The minimum absolute atomic E-state index is 0.167. The summed E-state index contributed by atoms with van der Waals surface area (Å²) >= 11 is 0. The SMILES string of the molecule is Cn1c(CC[C@@](C)(N)COC(=O)C(=O)O)ccc1C(O)CCCCc1ccccc1. The van der Waals surface area contributed by atoms with E-state index in [4.69, 9.17) is 15.6 Å². The fourth-order valence-corrected chi connectivity index (χ4v) is 3.39. The van der Waals surface area contributed by atoms with E-state index in [-0.39, 0.29) is 6.61 Å². The van der Waals surface area contributed by atoms with Gasteiger partial charge in [-0.05, 0) is 56.7 Å². The molecule has 2 aromatic rings. The highest BCUT2D eigenvalue weighted by Crippen LogP contribution is 2.23. The molecule has 0 radical (unpaired) electrons. The third kappa shape index (κ3) is 7.31. The van der Waals surface area contributed by atoms with Crippen LogP contribution in [0, 0.1) is 0 Å². The van der Waals surface area contributed by atoms with Gasteiger partial charge in [0.15, 0.2) is 0 Å². The number of carbonyl (C=O) groups excluding carboxylic acids is 1. The number of aromatic nitrogens is 1. The summed E-state index contributed by atoms with van der Waals surface area (Å²) in [6.07, 6.45) is 4.27. The molecule has 0 fully saturated rings. The number of aryl methyl sites for hydroxylation is 2. The van der Waals surface area contributed by atoms with Crippen molar-refractivity contribution in [2.24, 2.45) is 12.8 Å². The van der Waals surface area contributed by atoms with Crippen molar-refractivity contribution in [2.75, 3.05) is 6.61 Å². The lowest BCUT2D eigenvalue weighted by molar-refractivity contribution is -0.164. The average Bonchev–Trinajstić information content (AvgIpc) is 3.09. The highest BCUT2D eigenvalue weighted by molar-refractivity contribution is 6.28. The van der Waals surface area contributed by atoms with E-state index in [0.717, 1.165) is 30.7 Å². The Bertz CT molecular complexity index is 829. The number of unbranched alkanes of at least 4 members (excludes halogenated alkanes) is 1. The third-order valence-corrected chi connectivity index (χ3v) is 5.30. The molecule has 0 spiro atoms. The summed E-state index contributed by atoms with van der Waals surface area (Å²) in [5, 5.41) is 19.1. The second-order valence-corrected chi connectivity index (χ2v) is 8.09. The summed E-state index contributed by atoms with van der Waals surface area (Å²) in [7, 11) is 1.91. The van der Waals surface area contributed by atoms with Crippen LogP contribution in [0.2, 0.25) is 0 Å². The Morgan fingerprint density at radius 1 is 1.13 bits per heavy atom. The van der Waals surface area contributed by atoms with E-state index in [1.807, 2.05) is 41.9 Å². The molecule has 4 N–H and O–H groups in total. The van der Waals surface area contributed by atoms with Gasteiger partial charge in [0.1, 0.15) is 6.61 Å². The number of carboxylic acid groups (broad SMARTS) is 1. The fourth-order valence-electron chi connectivity index (χ4n) is 3.39. The Balaban J connectivity index is 1.79. The molecule has 0 bridgehead atoms. The second-order valence-electron chi connectivity index (χ2n) is 8.09. The first kappa shape index (κ1) is 23.6. The van der Waals surface area contributed by atoms with Crippen LogP contribution in [-0.2, 0) is 34.2 Å². The number of hydrogen-bond acceptors (Lipinski definition) is 5. The van der Waals surface area contributed by atoms with Crippen molar-refractivity contribution in [3.05, 3.63) is 59.4 Å². The molecule has 0 aliphatic carbocycles. The predicted molar refractivity (Wildman–Crippen MR) is 114 cm³/mol. The molecule has 1 heterocycles. The zero-order chi connectivity index (χ0) is 22.1. The summed E-state index contributed by atoms with van der Waals surface area (Å²) in [5.74, 6) is -2.93. The maximum Gasteiger partial charge on any atom is 0.417 e. The van der Waals surface area contributed by atoms with Crippen molar-refractivity contribution in [3.63, 3.8) is 0 Å². The normalized spacial score (nSPS) is 14.1. The Kier molecular flexibility index (Phi) is 8.62. The van der Waals surface area contributed by atoms with Crippen LogP contribution in [0.4, 0.5) is 0 Å². The highest BCUT2D eigenvalue weighted by Gasteiger charge is 2.24. The van der Waals surface area contributed by atoms with Crippen LogP contribution in [-0.4, -0.2) is 38.9 Å². The van der Waals surface area contributed by atoms with Crippen LogP contribution >= 0.6 is 0 Å². The zero-order valence-electron chi connectivity index (χ0n) is 17.7. The number of carbonyl (C=O) groups is 2. The van der Waals surface area contributed by atoms with Crippen molar-refractivity contribution in [1.29, 1.82) is 0 Å². The van der Waals surface area contributed by atoms with Gasteiger partial charge >= 0.3 is 11.9 Å². The van der Waals surface area contributed by atoms with E-state index in [1.54, 1.807) is 6.92 Å². The predicted octanol–water partition coefficient (Wildman–Crippen LogP) is 2.75. The number of benzene rings is 1. The third-order valence-electron chi connectivity index (χ3n) is 5.30. The van der Waals surface area contributed by atoms with Gasteiger partial charge < -0.3 is 25.3 Å². The number of nitrogens with two attached hydrogens (primary N) is 1. The molecule has 7 heteroatoms. The smallest absolute Gasteiger partial charge is 0.417 e. The maximum atomic E-state index is 11.1. The number of hydrogen-bond donors (Lipinski definition) is 3. The number of ether oxygens (including phenoxy) is 1. The Hall–Kier alpha value is -2.64. The second kappa shape index (κ2) is 10.9. The van der Waals surface area contributed by atoms with Gasteiger partial charge in [0.2, 0.25) is 0 Å². The summed E-state index contributed by atoms with van der Waals surface area (Å²) in [4.78, 5) is 21.6. The molecule has 2 atom stereocenters. The van der Waals surface area contributed by atoms with Gasteiger partial charge in [0, 0.05) is 24.0 Å². The molecular formula is C23H32N2O5. The molecular weight excluding hydrogens is 384 g/mol. The quantitative estimate of drug-likeness (QED) is 0.295. The number of nitrogens with zero attached hydrogens (tertiary/aromatic N) is 1. The Morgan fingerprint density at radius 3 is 2.50 bits per heavy atom. The van der Waals surface area contributed by atoms with Crippen molar-refractivity contribution >= 4 is 11.9 Å². The zero-order valence-corrected chi connectivity index (χ0v) is 17.7. The van der Waals surface area contributed by atoms with Crippen LogP contribution in [0.1, 0.15) is 55.7 Å². The average molecular weight is 417 g/mol. The summed E-state index contributed by atoms with van der Waals surface area (Å²) < 4.78 is 6.68. The summed E-state index contributed by atoms with van der Waals surface area (Å²) in [6.45, 7) is 1.55. The van der Waals surface area contributed by atoms with Crippen molar-refractivity contribution in [2.45, 2.75) is 57.1 Å². The van der Waals surface area contributed by atoms with Crippen molar-refractivity contribution < 1.29 is 24.5 Å². The molecule has 1 aromatic heterocycles. The molecule has 0 amide bonds. The first-order valence-corrected chi connectivity index (χ1v) is 10.2. The molecule has 2 rings (SSSR count). The Labute approximate surface area is 177 Å². The Morgan fingerprint density at radius 2 is 1.83 bits per heavy atom. The van der Waals surface area contributed by atoms with Gasteiger partial charge in [-0.1, -0.05) is 36.8 Å². The molecule has 1 aromatic carbocycles. The standard InChI is InChI=1S/C23H32N2O5/c1-23(24,16-30-22(29)21(27)28)15-14-18-12-13-19(25(18)2)20(26)11-7-6-10-17-8-4-3-5-9-17/h3-5,8-9,12-13,20,26H,6-7,10-11,14-16,24H2,1-2H3,(H,27,28)/t20?,23-/m1/s1. The molecule has 0 saturated carbocycles. The maximum absolute atomic E-state index is 11.1. The van der Waals surface area contributed by atoms with Crippen LogP contribution < -0.4 is 5.73 Å². The van der Waals surface area contributed by atoms with E-state index in [2.05, 4.69) is 12.1 Å². The number of aliphatic hydroxyl groups is 1. The molecule has 0 aliphatic heterocycles. The van der Waals surface area contributed by atoms with E-state index in [9.17, 15) is 14.7 Å². The van der Waals surface area contributed by atoms with Crippen LogP contribution in [0.15, 0.2) is 42.5 Å². The van der Waals surface area contributed by atoms with Crippen molar-refractivity contribution in [1.82, 2.24) is 4.57 Å². The minimum atomic E-state index is -1.63. The number of esters is 1. The molecule has 0 saturated heterocycles. The molecule has 7 nitrogen and oxygen atoms in total. The lowest BCUT2D eigenvalue weighted by Gasteiger charge is -2.24. The van der Waals surface area contributed by atoms with Gasteiger partial charge in [-0.2, -0.15) is 0 Å². The molecule has 30 heavy (non-hydrogen) atoms. The van der Waals surface area contributed by atoms with Gasteiger partial charge in [-0.3, -0.25) is 0 Å². The topological polar surface area (TPSA) is 115 Å². The summed E-state index contributed by atoms with van der Waals surface area (Å²) in [6, 6.07) is 14.2. The minimum Gasteiger partial charge on any atom is -0.473 e. The first-order valence-electron chi connectivity index (χ1n) is 10.2. The lowest BCUT2D eigenvalue weighted by atomic mass is 9.97. The van der Waals surface area contributed by atoms with Crippen LogP contribution in [0.25, 0.3) is 0 Å². The molecule has 164 valence electrons. The molecule has 0 aliphatic rings. The van der Waals surface area contributed by atoms with Crippen LogP contribution in [0.3, 0.4) is 0 Å². The van der Waals surface area contributed by atoms with E-state index in [0.29, 0.717) is 19.3 Å². The van der Waals surface area contributed by atoms with Gasteiger partial charge in [0.05, 0.1) is 6.10 Å². The largest absolute Gasteiger partial charge is 0.473 e.